The average Bonchev–Trinajstić information content (AvgIpc) is 2.74. The van der Waals surface area contributed by atoms with E-state index in [9.17, 15) is 0 Å². The highest BCUT2D eigenvalue weighted by Gasteiger charge is 2.06. The van der Waals surface area contributed by atoms with Gasteiger partial charge in [-0.3, -0.25) is 0 Å². The van der Waals surface area contributed by atoms with E-state index in [0.717, 1.165) is 23.8 Å². The van der Waals surface area contributed by atoms with Crippen LogP contribution in [0.1, 0.15) is 18.1 Å². The van der Waals surface area contributed by atoms with Gasteiger partial charge in [-0.25, -0.2) is 4.99 Å². The summed E-state index contributed by atoms with van der Waals surface area (Å²) in [5.74, 6) is 2.80. The summed E-state index contributed by atoms with van der Waals surface area (Å²) in [6.45, 7) is 6.70. The average molecular weight is 402 g/mol. The standard InChI is InChI=1S/C22H31N3O4/c1-4-23-22(24-11-13-28-19-8-5-17(2)6-9-19)25-16-18-7-10-20(29-14-12-26)21(15-18)27-3/h5-10,15,26H,4,11-14,16H2,1-3H3,(H2,23,24,25). The Morgan fingerprint density at radius 2 is 1.79 bits per heavy atom. The van der Waals surface area contributed by atoms with Crippen molar-refractivity contribution < 1.29 is 19.3 Å². The van der Waals surface area contributed by atoms with Crippen LogP contribution in [0.4, 0.5) is 0 Å². The molecule has 0 bridgehead atoms. The minimum Gasteiger partial charge on any atom is -0.493 e. The summed E-state index contributed by atoms with van der Waals surface area (Å²) < 4.78 is 16.6. The molecule has 7 nitrogen and oxygen atoms in total. The van der Waals surface area contributed by atoms with Gasteiger partial charge < -0.3 is 30.0 Å². The van der Waals surface area contributed by atoms with Crippen LogP contribution in [0.2, 0.25) is 0 Å². The zero-order valence-corrected chi connectivity index (χ0v) is 17.4. The number of aliphatic imine (C=N–C) groups is 1. The second-order valence-corrected chi connectivity index (χ2v) is 6.34. The molecule has 0 fully saturated rings. The number of aryl methyl sites for hydroxylation is 1. The van der Waals surface area contributed by atoms with Gasteiger partial charge in [-0.2, -0.15) is 0 Å². The van der Waals surface area contributed by atoms with Gasteiger partial charge in [-0.1, -0.05) is 23.8 Å². The third-order valence-electron chi connectivity index (χ3n) is 4.03. The lowest BCUT2D eigenvalue weighted by Crippen LogP contribution is -2.39. The summed E-state index contributed by atoms with van der Waals surface area (Å²) in [5, 5.41) is 15.4. The van der Waals surface area contributed by atoms with Crippen LogP contribution >= 0.6 is 0 Å². The number of nitrogens with zero attached hydrogens (tertiary/aromatic N) is 1. The Bertz CT molecular complexity index is 763. The van der Waals surface area contributed by atoms with Crippen LogP contribution in [0.15, 0.2) is 47.5 Å². The highest BCUT2D eigenvalue weighted by atomic mass is 16.5. The molecule has 29 heavy (non-hydrogen) atoms. The zero-order valence-electron chi connectivity index (χ0n) is 17.4. The van der Waals surface area contributed by atoms with Gasteiger partial charge in [0.05, 0.1) is 26.8 Å². The normalized spacial score (nSPS) is 11.1. The van der Waals surface area contributed by atoms with Gasteiger partial charge in [-0.05, 0) is 43.7 Å². The van der Waals surface area contributed by atoms with Gasteiger partial charge in [0.2, 0.25) is 0 Å². The van der Waals surface area contributed by atoms with E-state index in [2.05, 4.69) is 22.5 Å². The van der Waals surface area contributed by atoms with Crippen LogP contribution in [0.3, 0.4) is 0 Å². The maximum absolute atomic E-state index is 8.90. The van der Waals surface area contributed by atoms with Gasteiger partial charge in [-0.15, -0.1) is 0 Å². The molecule has 7 heteroatoms. The van der Waals surface area contributed by atoms with Crippen molar-refractivity contribution in [2.45, 2.75) is 20.4 Å². The molecule has 0 aliphatic rings. The highest BCUT2D eigenvalue weighted by molar-refractivity contribution is 5.79. The largest absolute Gasteiger partial charge is 0.493 e. The molecule has 0 aliphatic heterocycles. The Hall–Kier alpha value is -2.93. The van der Waals surface area contributed by atoms with E-state index in [0.29, 0.717) is 31.2 Å². The van der Waals surface area contributed by atoms with E-state index in [1.165, 1.54) is 5.56 Å². The van der Waals surface area contributed by atoms with Crippen molar-refractivity contribution in [3.63, 3.8) is 0 Å². The van der Waals surface area contributed by atoms with Crippen molar-refractivity contribution in [3.8, 4) is 17.2 Å². The lowest BCUT2D eigenvalue weighted by Gasteiger charge is -2.13. The maximum atomic E-state index is 8.90. The highest BCUT2D eigenvalue weighted by Crippen LogP contribution is 2.28. The summed E-state index contributed by atoms with van der Waals surface area (Å²) >= 11 is 0. The van der Waals surface area contributed by atoms with Crippen LogP contribution in [0, 0.1) is 6.92 Å². The van der Waals surface area contributed by atoms with Crippen molar-refractivity contribution >= 4 is 5.96 Å². The Morgan fingerprint density at radius 1 is 1.00 bits per heavy atom. The van der Waals surface area contributed by atoms with E-state index < -0.39 is 0 Å². The van der Waals surface area contributed by atoms with Gasteiger partial charge in [0, 0.05) is 6.54 Å². The van der Waals surface area contributed by atoms with Crippen molar-refractivity contribution in [2.24, 2.45) is 4.99 Å². The van der Waals surface area contributed by atoms with Crippen LogP contribution in [-0.2, 0) is 6.54 Å². The number of benzene rings is 2. The third kappa shape index (κ3) is 7.91. The van der Waals surface area contributed by atoms with Crippen molar-refractivity contribution in [3.05, 3.63) is 53.6 Å². The fraction of sp³-hybridized carbons (Fsp3) is 0.409. The van der Waals surface area contributed by atoms with Gasteiger partial charge >= 0.3 is 0 Å². The number of methoxy groups -OCH3 is 1. The number of hydrogen-bond donors (Lipinski definition) is 3. The molecule has 0 atom stereocenters. The smallest absolute Gasteiger partial charge is 0.191 e. The van der Waals surface area contributed by atoms with E-state index >= 15 is 0 Å². The molecule has 0 aromatic heterocycles. The number of rotatable bonds is 11. The summed E-state index contributed by atoms with van der Waals surface area (Å²) in [4.78, 5) is 4.61. The molecule has 0 saturated carbocycles. The van der Waals surface area contributed by atoms with E-state index in [1.807, 2.05) is 49.4 Å². The molecule has 0 amide bonds. The predicted molar refractivity (Wildman–Crippen MR) is 115 cm³/mol. The molecule has 2 aromatic rings. The Balaban J connectivity index is 1.88. The summed E-state index contributed by atoms with van der Waals surface area (Å²) in [6, 6.07) is 13.6. The molecule has 2 aromatic carbocycles. The number of aliphatic hydroxyl groups is 1. The molecule has 0 heterocycles. The first kappa shape index (κ1) is 22.4. The molecule has 158 valence electrons. The maximum Gasteiger partial charge on any atom is 0.191 e. The van der Waals surface area contributed by atoms with E-state index in [1.54, 1.807) is 7.11 Å². The van der Waals surface area contributed by atoms with Crippen LogP contribution in [-0.4, -0.2) is 51.1 Å². The zero-order chi connectivity index (χ0) is 20.9. The number of nitrogens with one attached hydrogen (secondary N) is 2. The number of hydrogen-bond acceptors (Lipinski definition) is 5. The first-order valence-corrected chi connectivity index (χ1v) is 9.78. The summed E-state index contributed by atoms with van der Waals surface area (Å²) in [5.41, 5.74) is 2.20. The lowest BCUT2D eigenvalue weighted by atomic mass is 10.2. The summed E-state index contributed by atoms with van der Waals surface area (Å²) in [6.07, 6.45) is 0. The number of aliphatic hydroxyl groups excluding tert-OH is 1. The first-order chi connectivity index (χ1) is 14.2. The Morgan fingerprint density at radius 3 is 2.48 bits per heavy atom. The molecule has 0 saturated heterocycles. The molecule has 0 unspecified atom stereocenters. The molecular formula is C22H31N3O4. The molecule has 3 N–H and O–H groups in total. The molecular weight excluding hydrogens is 370 g/mol. The van der Waals surface area contributed by atoms with Gasteiger partial charge in [0.15, 0.2) is 17.5 Å². The Kier molecular flexibility index (Phi) is 9.65. The van der Waals surface area contributed by atoms with Crippen molar-refractivity contribution in [2.75, 3.05) is 40.0 Å². The third-order valence-corrected chi connectivity index (χ3v) is 4.03. The lowest BCUT2D eigenvalue weighted by molar-refractivity contribution is 0.196. The molecule has 2 rings (SSSR count). The second-order valence-electron chi connectivity index (χ2n) is 6.34. The van der Waals surface area contributed by atoms with Crippen LogP contribution in [0.5, 0.6) is 17.2 Å². The van der Waals surface area contributed by atoms with Crippen molar-refractivity contribution in [1.29, 1.82) is 0 Å². The Labute approximate surface area is 172 Å². The minimum absolute atomic E-state index is 0.0411. The monoisotopic (exact) mass is 401 g/mol. The number of ether oxygens (including phenoxy) is 3. The fourth-order valence-electron chi connectivity index (χ4n) is 2.57. The van der Waals surface area contributed by atoms with Crippen LogP contribution < -0.4 is 24.8 Å². The van der Waals surface area contributed by atoms with E-state index in [-0.39, 0.29) is 13.2 Å². The first-order valence-electron chi connectivity index (χ1n) is 9.78. The quantitative estimate of drug-likeness (QED) is 0.305. The molecule has 0 aliphatic carbocycles. The van der Waals surface area contributed by atoms with E-state index in [4.69, 9.17) is 19.3 Å². The van der Waals surface area contributed by atoms with Crippen molar-refractivity contribution in [1.82, 2.24) is 10.6 Å². The van der Waals surface area contributed by atoms with Gasteiger partial charge in [0.25, 0.3) is 0 Å². The fourth-order valence-corrected chi connectivity index (χ4v) is 2.57. The topological polar surface area (TPSA) is 84.3 Å². The molecule has 0 spiro atoms. The minimum atomic E-state index is -0.0411. The molecule has 0 radical (unpaired) electrons. The SMILES string of the molecule is CCNC(=NCc1ccc(OCCO)c(OC)c1)NCCOc1ccc(C)cc1. The van der Waals surface area contributed by atoms with Crippen LogP contribution in [0.25, 0.3) is 0 Å². The number of guanidine groups is 1. The predicted octanol–water partition coefficient (Wildman–Crippen LogP) is 2.51. The summed E-state index contributed by atoms with van der Waals surface area (Å²) in [7, 11) is 1.59. The second kappa shape index (κ2) is 12.5. The van der Waals surface area contributed by atoms with Gasteiger partial charge in [0.1, 0.15) is 19.0 Å².